The van der Waals surface area contributed by atoms with Crippen LogP contribution >= 0.6 is 11.6 Å². The lowest BCUT2D eigenvalue weighted by molar-refractivity contribution is -0.144. The molecule has 1 aromatic rings. The zero-order valence-electron chi connectivity index (χ0n) is 13.5. The van der Waals surface area contributed by atoms with E-state index in [4.69, 9.17) is 16.3 Å². The van der Waals surface area contributed by atoms with Crippen LogP contribution in [-0.4, -0.2) is 40.3 Å². The Morgan fingerprint density at radius 2 is 2.05 bits per heavy atom. The first kappa shape index (κ1) is 18.0. The van der Waals surface area contributed by atoms with Crippen molar-refractivity contribution in [3.05, 3.63) is 16.4 Å². The number of carbonyl (C=O) groups is 1. The fourth-order valence-electron chi connectivity index (χ4n) is 2.30. The summed E-state index contributed by atoms with van der Waals surface area (Å²) in [6.07, 6.45) is 1.78. The van der Waals surface area contributed by atoms with Gasteiger partial charge >= 0.3 is 5.97 Å². The van der Waals surface area contributed by atoms with Gasteiger partial charge < -0.3 is 4.74 Å². The Hall–Kier alpha value is -1.07. The van der Waals surface area contributed by atoms with Gasteiger partial charge in [-0.05, 0) is 33.2 Å². The van der Waals surface area contributed by atoms with Gasteiger partial charge in [-0.15, -0.1) is 0 Å². The molecule has 0 radical (unpaired) electrons. The molecule has 0 fully saturated rings. The average Bonchev–Trinajstić information content (AvgIpc) is 2.75. The van der Waals surface area contributed by atoms with Crippen molar-refractivity contribution in [2.75, 3.05) is 19.7 Å². The molecule has 0 aliphatic heterocycles. The van der Waals surface area contributed by atoms with E-state index in [0.717, 1.165) is 42.3 Å². The van der Waals surface area contributed by atoms with Gasteiger partial charge in [0, 0.05) is 13.1 Å². The molecule has 0 aromatic carbocycles. The molecule has 21 heavy (non-hydrogen) atoms. The molecule has 0 aliphatic carbocycles. The van der Waals surface area contributed by atoms with Crippen molar-refractivity contribution in [2.24, 2.45) is 0 Å². The third-order valence-electron chi connectivity index (χ3n) is 3.27. The van der Waals surface area contributed by atoms with E-state index >= 15 is 0 Å². The number of esters is 1. The zero-order valence-corrected chi connectivity index (χ0v) is 14.2. The van der Waals surface area contributed by atoms with Crippen LogP contribution in [0.15, 0.2) is 0 Å². The number of aryl methyl sites for hydroxylation is 2. The van der Waals surface area contributed by atoms with Gasteiger partial charge in [0.1, 0.15) is 0 Å². The number of carbonyl (C=O) groups excluding carboxylic acids is 1. The van der Waals surface area contributed by atoms with Gasteiger partial charge in [-0.3, -0.25) is 14.4 Å². The van der Waals surface area contributed by atoms with Gasteiger partial charge in [-0.1, -0.05) is 25.4 Å². The summed E-state index contributed by atoms with van der Waals surface area (Å²) >= 11 is 6.42. The second kappa shape index (κ2) is 9.05. The van der Waals surface area contributed by atoms with Crippen molar-refractivity contribution < 1.29 is 9.53 Å². The molecule has 120 valence electrons. The summed E-state index contributed by atoms with van der Waals surface area (Å²) in [4.78, 5) is 13.8. The molecule has 0 amide bonds. The molecule has 0 atom stereocenters. The summed E-state index contributed by atoms with van der Waals surface area (Å²) in [5.41, 5.74) is 1.90. The van der Waals surface area contributed by atoms with Crippen LogP contribution in [0.4, 0.5) is 0 Å². The highest BCUT2D eigenvalue weighted by atomic mass is 35.5. The van der Waals surface area contributed by atoms with Gasteiger partial charge in [0.15, 0.2) is 0 Å². The van der Waals surface area contributed by atoms with E-state index in [9.17, 15) is 4.79 Å². The number of rotatable bonds is 9. The molecule has 0 saturated carbocycles. The van der Waals surface area contributed by atoms with Crippen LogP contribution in [0.5, 0.6) is 0 Å². The number of aromatic nitrogens is 2. The maximum atomic E-state index is 11.7. The number of nitrogens with zero attached hydrogens (tertiary/aromatic N) is 3. The number of ether oxygens (including phenoxy) is 1. The molecule has 0 aliphatic rings. The van der Waals surface area contributed by atoms with E-state index in [1.807, 2.05) is 25.5 Å². The van der Waals surface area contributed by atoms with Gasteiger partial charge in [0.25, 0.3) is 0 Å². The Labute approximate surface area is 132 Å². The molecule has 0 spiro atoms. The first-order valence-corrected chi connectivity index (χ1v) is 8.07. The topological polar surface area (TPSA) is 47.4 Å². The summed E-state index contributed by atoms with van der Waals surface area (Å²) in [6, 6.07) is 0. The molecule has 0 saturated heterocycles. The van der Waals surface area contributed by atoms with E-state index in [1.165, 1.54) is 0 Å². The minimum absolute atomic E-state index is 0.194. The van der Waals surface area contributed by atoms with Crippen LogP contribution in [0.2, 0.25) is 5.02 Å². The van der Waals surface area contributed by atoms with Crippen molar-refractivity contribution in [1.29, 1.82) is 0 Å². The minimum atomic E-state index is -0.194. The van der Waals surface area contributed by atoms with Crippen LogP contribution < -0.4 is 0 Å². The lowest BCUT2D eigenvalue weighted by atomic mass is 10.2. The first-order valence-electron chi connectivity index (χ1n) is 7.69. The summed E-state index contributed by atoms with van der Waals surface area (Å²) < 4.78 is 6.96. The molecule has 1 rings (SSSR count). The van der Waals surface area contributed by atoms with E-state index in [0.29, 0.717) is 13.2 Å². The highest BCUT2D eigenvalue weighted by Gasteiger charge is 2.19. The normalized spacial score (nSPS) is 11.1. The van der Waals surface area contributed by atoms with Crippen molar-refractivity contribution >= 4 is 17.6 Å². The maximum Gasteiger partial charge on any atom is 0.320 e. The van der Waals surface area contributed by atoms with E-state index in [2.05, 4.69) is 16.9 Å². The largest absolute Gasteiger partial charge is 0.465 e. The standard InChI is InChI=1S/C15H26ClN3O2/c1-5-9-18(11-14(20)21-8-4)10-13-15(16)12(6-2)17-19(13)7-3/h5-11H2,1-4H3. The number of halogens is 1. The Morgan fingerprint density at radius 3 is 2.57 bits per heavy atom. The molecular weight excluding hydrogens is 290 g/mol. The SMILES string of the molecule is CCCN(CC(=O)OCC)Cc1c(Cl)c(CC)nn1CC. The molecule has 1 aromatic heterocycles. The Morgan fingerprint density at radius 1 is 1.33 bits per heavy atom. The fraction of sp³-hybridized carbons (Fsp3) is 0.733. The van der Waals surface area contributed by atoms with Crippen molar-refractivity contribution in [3.8, 4) is 0 Å². The quantitative estimate of drug-likeness (QED) is 0.657. The van der Waals surface area contributed by atoms with Gasteiger partial charge in [-0.25, -0.2) is 0 Å². The smallest absolute Gasteiger partial charge is 0.320 e. The van der Waals surface area contributed by atoms with Gasteiger partial charge in [-0.2, -0.15) is 5.10 Å². The van der Waals surface area contributed by atoms with Crippen LogP contribution in [0, 0.1) is 0 Å². The van der Waals surface area contributed by atoms with Crippen LogP contribution in [-0.2, 0) is 29.0 Å². The predicted molar refractivity (Wildman–Crippen MR) is 84.5 cm³/mol. The Bertz CT molecular complexity index is 460. The van der Waals surface area contributed by atoms with Crippen molar-refractivity contribution in [1.82, 2.24) is 14.7 Å². The van der Waals surface area contributed by atoms with Crippen molar-refractivity contribution in [2.45, 2.75) is 53.6 Å². The molecular formula is C15H26ClN3O2. The molecule has 1 heterocycles. The molecule has 0 bridgehead atoms. The summed E-state index contributed by atoms with van der Waals surface area (Å²) in [5, 5.41) is 5.24. The second-order valence-corrected chi connectivity index (χ2v) is 5.27. The van der Waals surface area contributed by atoms with Crippen LogP contribution in [0.1, 0.15) is 45.5 Å². The second-order valence-electron chi connectivity index (χ2n) is 4.89. The van der Waals surface area contributed by atoms with E-state index in [-0.39, 0.29) is 12.5 Å². The molecule has 0 unspecified atom stereocenters. The third-order valence-corrected chi connectivity index (χ3v) is 3.70. The lowest BCUT2D eigenvalue weighted by Crippen LogP contribution is -2.32. The molecule has 6 heteroatoms. The highest BCUT2D eigenvalue weighted by Crippen LogP contribution is 2.23. The van der Waals surface area contributed by atoms with Gasteiger partial charge in [0.2, 0.25) is 0 Å². The number of hydrogen-bond donors (Lipinski definition) is 0. The van der Waals surface area contributed by atoms with Crippen molar-refractivity contribution in [3.63, 3.8) is 0 Å². The summed E-state index contributed by atoms with van der Waals surface area (Å²) in [7, 11) is 0. The highest BCUT2D eigenvalue weighted by molar-refractivity contribution is 6.31. The maximum absolute atomic E-state index is 11.7. The molecule has 0 N–H and O–H groups in total. The summed E-state index contributed by atoms with van der Waals surface area (Å²) in [6.45, 7) is 10.9. The zero-order chi connectivity index (χ0) is 15.8. The fourth-order valence-corrected chi connectivity index (χ4v) is 2.63. The number of hydrogen-bond acceptors (Lipinski definition) is 4. The Kier molecular flexibility index (Phi) is 7.75. The summed E-state index contributed by atoms with van der Waals surface area (Å²) in [5.74, 6) is -0.194. The predicted octanol–water partition coefficient (Wildman–Crippen LogP) is 2.89. The third kappa shape index (κ3) is 5.00. The van der Waals surface area contributed by atoms with Crippen LogP contribution in [0.3, 0.4) is 0 Å². The van der Waals surface area contributed by atoms with E-state index < -0.39 is 0 Å². The first-order chi connectivity index (χ1) is 10.1. The Balaban J connectivity index is 2.87. The van der Waals surface area contributed by atoms with Gasteiger partial charge in [0.05, 0.1) is 29.6 Å². The molecule has 5 nitrogen and oxygen atoms in total. The van der Waals surface area contributed by atoms with E-state index in [1.54, 1.807) is 0 Å². The minimum Gasteiger partial charge on any atom is -0.465 e. The van der Waals surface area contributed by atoms with Crippen LogP contribution in [0.25, 0.3) is 0 Å². The lowest BCUT2D eigenvalue weighted by Gasteiger charge is -2.21. The monoisotopic (exact) mass is 315 g/mol. The average molecular weight is 316 g/mol.